The lowest BCUT2D eigenvalue weighted by atomic mass is 10.1. The van der Waals surface area contributed by atoms with Gasteiger partial charge in [-0.3, -0.25) is 4.79 Å². The molecule has 9 heteroatoms. The van der Waals surface area contributed by atoms with Crippen molar-refractivity contribution in [3.63, 3.8) is 0 Å². The van der Waals surface area contributed by atoms with Gasteiger partial charge in [0.15, 0.2) is 0 Å². The minimum absolute atomic E-state index is 0.0296. The molecule has 2 aliphatic rings. The van der Waals surface area contributed by atoms with Crippen LogP contribution in [0.1, 0.15) is 17.7 Å². The van der Waals surface area contributed by atoms with Crippen LogP contribution in [-0.4, -0.2) is 47.2 Å². The van der Waals surface area contributed by atoms with E-state index < -0.39 is 8.07 Å². The first-order chi connectivity index (χ1) is 15.2. The van der Waals surface area contributed by atoms with Crippen LogP contribution in [0.4, 0.5) is 17.3 Å². The number of hydrogen-bond acceptors (Lipinski definition) is 6. The Morgan fingerprint density at radius 3 is 2.59 bits per heavy atom. The van der Waals surface area contributed by atoms with Gasteiger partial charge in [-0.15, -0.1) is 0 Å². The number of aryl methyl sites for hydroxylation is 3. The normalized spacial score (nSPS) is 18.2. The SMILES string of the molecule is Cc1cc2c(N3CCCc4nc(Cl)ncc43)nc(N3CC[Si](C)(C)CC3)cc2n(C)c1=O. The van der Waals surface area contributed by atoms with Crippen molar-refractivity contribution in [3.8, 4) is 0 Å². The Hall–Kier alpha value is -2.45. The second-order valence-corrected chi connectivity index (χ2v) is 15.5. The smallest absolute Gasteiger partial charge is 0.253 e. The molecule has 1 fully saturated rings. The topological polar surface area (TPSA) is 67.2 Å². The Morgan fingerprint density at radius 2 is 1.84 bits per heavy atom. The number of aromatic nitrogens is 4. The van der Waals surface area contributed by atoms with Crippen molar-refractivity contribution >= 4 is 47.9 Å². The number of pyridine rings is 2. The van der Waals surface area contributed by atoms with E-state index in [9.17, 15) is 4.79 Å². The molecule has 0 amide bonds. The molecule has 0 atom stereocenters. The molecule has 0 spiro atoms. The van der Waals surface area contributed by atoms with Crippen molar-refractivity contribution in [1.29, 1.82) is 0 Å². The molecule has 0 aromatic carbocycles. The van der Waals surface area contributed by atoms with Crippen molar-refractivity contribution in [1.82, 2.24) is 19.5 Å². The van der Waals surface area contributed by atoms with Crippen LogP contribution >= 0.6 is 11.6 Å². The van der Waals surface area contributed by atoms with Crippen LogP contribution < -0.4 is 15.4 Å². The molecule has 3 aromatic rings. The lowest BCUT2D eigenvalue weighted by Gasteiger charge is -2.37. The van der Waals surface area contributed by atoms with Crippen LogP contribution in [-0.2, 0) is 13.5 Å². The average Bonchev–Trinajstić information content (AvgIpc) is 2.76. The van der Waals surface area contributed by atoms with Crippen LogP contribution in [0.2, 0.25) is 30.5 Å². The van der Waals surface area contributed by atoms with E-state index in [2.05, 4.69) is 38.9 Å². The number of rotatable bonds is 2. The summed E-state index contributed by atoms with van der Waals surface area (Å²) in [6, 6.07) is 6.57. The zero-order valence-electron chi connectivity index (χ0n) is 19.2. The van der Waals surface area contributed by atoms with Crippen molar-refractivity contribution in [2.24, 2.45) is 7.05 Å². The molecule has 0 bridgehead atoms. The molecule has 3 aromatic heterocycles. The molecule has 2 aliphatic heterocycles. The molecule has 1 saturated heterocycles. The quantitative estimate of drug-likeness (QED) is 0.412. The number of hydrogen-bond donors (Lipinski definition) is 0. The third kappa shape index (κ3) is 3.69. The molecule has 32 heavy (non-hydrogen) atoms. The molecule has 0 saturated carbocycles. The van der Waals surface area contributed by atoms with E-state index in [1.54, 1.807) is 10.8 Å². The highest BCUT2D eigenvalue weighted by Gasteiger charge is 2.30. The van der Waals surface area contributed by atoms with Crippen molar-refractivity contribution < 1.29 is 0 Å². The van der Waals surface area contributed by atoms with E-state index in [0.717, 1.165) is 66.4 Å². The minimum atomic E-state index is -1.11. The average molecular weight is 469 g/mol. The molecule has 0 aliphatic carbocycles. The Morgan fingerprint density at radius 1 is 1.09 bits per heavy atom. The first-order valence-corrected chi connectivity index (χ1v) is 15.1. The van der Waals surface area contributed by atoms with E-state index in [1.807, 2.05) is 20.0 Å². The zero-order valence-corrected chi connectivity index (χ0v) is 20.9. The van der Waals surface area contributed by atoms with E-state index in [-0.39, 0.29) is 10.8 Å². The van der Waals surface area contributed by atoms with Crippen LogP contribution in [0.3, 0.4) is 0 Å². The van der Waals surface area contributed by atoms with Gasteiger partial charge < -0.3 is 14.4 Å². The van der Waals surface area contributed by atoms with E-state index in [0.29, 0.717) is 5.56 Å². The summed E-state index contributed by atoms with van der Waals surface area (Å²) in [5, 5.41) is 1.25. The summed E-state index contributed by atoms with van der Waals surface area (Å²) in [6.45, 7) is 9.66. The molecular weight excluding hydrogens is 440 g/mol. The molecular formula is C23H29ClN6OSi. The predicted octanol–water partition coefficient (Wildman–Crippen LogP) is 4.30. The number of halogens is 1. The summed E-state index contributed by atoms with van der Waals surface area (Å²) >= 11 is 6.08. The third-order valence-electron chi connectivity index (χ3n) is 6.97. The summed E-state index contributed by atoms with van der Waals surface area (Å²) in [7, 11) is 0.743. The van der Waals surface area contributed by atoms with Crippen molar-refractivity contribution in [2.45, 2.75) is 44.9 Å². The monoisotopic (exact) mass is 468 g/mol. The van der Waals surface area contributed by atoms with Crippen LogP contribution in [0.25, 0.3) is 10.9 Å². The number of anilines is 3. The number of fused-ring (bicyclic) bond motifs is 2. The standard InChI is InChI=1S/C23H29ClN6OSi/c1-15-12-16-18(28(2)22(15)31)13-20(29-8-10-32(3,4)11-9-29)27-21(16)30-7-5-6-17-19(30)14-25-23(24)26-17/h12-14H,5-11H2,1-4H3. The lowest BCUT2D eigenvalue weighted by molar-refractivity contribution is 0.731. The zero-order chi connectivity index (χ0) is 22.6. The Kier molecular flexibility index (Phi) is 5.25. The highest BCUT2D eigenvalue weighted by molar-refractivity contribution is 6.77. The summed E-state index contributed by atoms with van der Waals surface area (Å²) in [5.41, 5.74) is 3.55. The molecule has 5 rings (SSSR count). The Bertz CT molecular complexity index is 1260. The maximum atomic E-state index is 12.8. The van der Waals surface area contributed by atoms with Crippen LogP contribution in [0, 0.1) is 6.92 Å². The highest BCUT2D eigenvalue weighted by atomic mass is 35.5. The van der Waals surface area contributed by atoms with Gasteiger partial charge in [-0.05, 0) is 49.5 Å². The maximum Gasteiger partial charge on any atom is 0.253 e. The van der Waals surface area contributed by atoms with Gasteiger partial charge in [0.25, 0.3) is 5.56 Å². The van der Waals surface area contributed by atoms with Gasteiger partial charge in [0, 0.05) is 43.7 Å². The molecule has 7 nitrogen and oxygen atoms in total. The second kappa shape index (κ2) is 7.85. The molecule has 0 N–H and O–H groups in total. The van der Waals surface area contributed by atoms with E-state index >= 15 is 0 Å². The van der Waals surface area contributed by atoms with Gasteiger partial charge in [-0.1, -0.05) is 13.1 Å². The molecule has 168 valence electrons. The minimum Gasteiger partial charge on any atom is -0.357 e. The Balaban J connectivity index is 1.71. The summed E-state index contributed by atoms with van der Waals surface area (Å²) in [6.07, 6.45) is 3.63. The fourth-order valence-electron chi connectivity index (χ4n) is 4.83. The highest BCUT2D eigenvalue weighted by Crippen LogP contribution is 2.38. The predicted molar refractivity (Wildman–Crippen MR) is 133 cm³/mol. The van der Waals surface area contributed by atoms with Gasteiger partial charge in [-0.25, -0.2) is 15.0 Å². The summed E-state index contributed by atoms with van der Waals surface area (Å²) in [5.74, 6) is 1.81. The van der Waals surface area contributed by atoms with E-state index in [4.69, 9.17) is 16.6 Å². The fourth-order valence-corrected chi connectivity index (χ4v) is 6.98. The lowest BCUT2D eigenvalue weighted by Crippen LogP contribution is -2.43. The summed E-state index contributed by atoms with van der Waals surface area (Å²) < 4.78 is 1.76. The fraction of sp³-hybridized carbons (Fsp3) is 0.478. The van der Waals surface area contributed by atoms with Crippen molar-refractivity contribution in [3.05, 3.63) is 45.2 Å². The largest absolute Gasteiger partial charge is 0.357 e. The molecule has 5 heterocycles. The van der Waals surface area contributed by atoms with E-state index in [1.165, 1.54) is 12.1 Å². The first kappa shape index (κ1) is 21.4. The van der Waals surface area contributed by atoms with Gasteiger partial charge in [0.05, 0.1) is 31.2 Å². The van der Waals surface area contributed by atoms with Gasteiger partial charge in [0.1, 0.15) is 11.6 Å². The van der Waals surface area contributed by atoms with Gasteiger partial charge in [0.2, 0.25) is 5.28 Å². The second-order valence-electron chi connectivity index (χ2n) is 9.81. The number of nitrogens with zero attached hydrogens (tertiary/aromatic N) is 6. The van der Waals surface area contributed by atoms with Crippen molar-refractivity contribution in [2.75, 3.05) is 29.4 Å². The first-order valence-electron chi connectivity index (χ1n) is 11.3. The Labute approximate surface area is 194 Å². The van der Waals surface area contributed by atoms with Gasteiger partial charge >= 0.3 is 0 Å². The maximum absolute atomic E-state index is 12.8. The van der Waals surface area contributed by atoms with Crippen LogP contribution in [0.5, 0.6) is 0 Å². The molecule has 0 radical (unpaired) electrons. The summed E-state index contributed by atoms with van der Waals surface area (Å²) in [4.78, 5) is 31.3. The van der Waals surface area contributed by atoms with Crippen LogP contribution in [0.15, 0.2) is 23.1 Å². The molecule has 0 unspecified atom stereocenters. The van der Waals surface area contributed by atoms with Gasteiger partial charge in [-0.2, -0.15) is 0 Å². The third-order valence-corrected chi connectivity index (χ3v) is 10.3.